The SMILES string of the molecule is CC[C@@H](C)N(CC(=O)N1CCc2sccc2[C@H]1c1ccc(F)cc1)C(=O)CC(C)C. The van der Waals surface area contributed by atoms with Gasteiger partial charge in [0.1, 0.15) is 12.4 Å². The molecule has 162 valence electrons. The Balaban J connectivity index is 1.88. The van der Waals surface area contributed by atoms with E-state index in [2.05, 4.69) is 6.07 Å². The molecule has 2 atom stereocenters. The molecule has 1 aliphatic rings. The molecule has 30 heavy (non-hydrogen) atoms. The molecule has 0 saturated heterocycles. The molecule has 0 radical (unpaired) electrons. The molecule has 0 unspecified atom stereocenters. The molecule has 0 bridgehead atoms. The highest BCUT2D eigenvalue weighted by Crippen LogP contribution is 2.38. The van der Waals surface area contributed by atoms with Gasteiger partial charge in [0.15, 0.2) is 0 Å². The van der Waals surface area contributed by atoms with Gasteiger partial charge in [0, 0.05) is 23.9 Å². The van der Waals surface area contributed by atoms with Gasteiger partial charge in [0.05, 0.1) is 6.04 Å². The Labute approximate surface area is 182 Å². The van der Waals surface area contributed by atoms with Crippen molar-refractivity contribution >= 4 is 23.2 Å². The van der Waals surface area contributed by atoms with Gasteiger partial charge in [-0.2, -0.15) is 0 Å². The maximum absolute atomic E-state index is 13.5. The van der Waals surface area contributed by atoms with Crippen molar-refractivity contribution in [1.29, 1.82) is 0 Å². The lowest BCUT2D eigenvalue weighted by Crippen LogP contribution is -2.49. The van der Waals surface area contributed by atoms with E-state index in [4.69, 9.17) is 0 Å². The number of rotatable bonds is 7. The van der Waals surface area contributed by atoms with Gasteiger partial charge in [-0.1, -0.05) is 32.9 Å². The monoisotopic (exact) mass is 430 g/mol. The van der Waals surface area contributed by atoms with Crippen molar-refractivity contribution < 1.29 is 14.0 Å². The maximum Gasteiger partial charge on any atom is 0.243 e. The van der Waals surface area contributed by atoms with E-state index in [0.29, 0.717) is 13.0 Å². The van der Waals surface area contributed by atoms with Crippen LogP contribution in [-0.4, -0.2) is 40.7 Å². The first-order chi connectivity index (χ1) is 14.3. The molecular weight excluding hydrogens is 399 g/mol. The zero-order valence-electron chi connectivity index (χ0n) is 18.2. The Hall–Kier alpha value is -2.21. The summed E-state index contributed by atoms with van der Waals surface area (Å²) in [6, 6.07) is 8.21. The molecule has 0 fully saturated rings. The van der Waals surface area contributed by atoms with Gasteiger partial charge in [0.2, 0.25) is 11.8 Å². The average Bonchev–Trinajstić information content (AvgIpc) is 3.19. The van der Waals surface area contributed by atoms with Gasteiger partial charge in [-0.25, -0.2) is 4.39 Å². The van der Waals surface area contributed by atoms with E-state index >= 15 is 0 Å². The van der Waals surface area contributed by atoms with Crippen molar-refractivity contribution in [2.24, 2.45) is 5.92 Å². The van der Waals surface area contributed by atoms with E-state index in [0.717, 1.165) is 24.0 Å². The molecule has 2 amide bonds. The van der Waals surface area contributed by atoms with Crippen LogP contribution in [0.4, 0.5) is 4.39 Å². The lowest BCUT2D eigenvalue weighted by Gasteiger charge is -2.38. The standard InChI is InChI=1S/C24H31FN2O2S/c1-5-17(4)27(22(28)14-16(2)3)15-23(29)26-12-10-21-20(11-13-30-21)24(26)18-6-8-19(25)9-7-18/h6-9,11,13,16-17,24H,5,10,12,14-15H2,1-4H3/t17-,24-/m1/s1. The van der Waals surface area contributed by atoms with Crippen LogP contribution in [-0.2, 0) is 16.0 Å². The second-order valence-electron chi connectivity index (χ2n) is 8.47. The van der Waals surface area contributed by atoms with Crippen LogP contribution in [0.1, 0.15) is 62.6 Å². The van der Waals surface area contributed by atoms with Crippen molar-refractivity contribution in [1.82, 2.24) is 9.80 Å². The van der Waals surface area contributed by atoms with Crippen molar-refractivity contribution in [2.45, 2.75) is 59.0 Å². The largest absolute Gasteiger partial charge is 0.331 e. The van der Waals surface area contributed by atoms with Gasteiger partial charge in [-0.15, -0.1) is 11.3 Å². The summed E-state index contributed by atoms with van der Waals surface area (Å²) in [5, 5.41) is 2.05. The van der Waals surface area contributed by atoms with Gasteiger partial charge in [-0.05, 0) is 60.4 Å². The van der Waals surface area contributed by atoms with Gasteiger partial charge >= 0.3 is 0 Å². The first-order valence-corrected chi connectivity index (χ1v) is 11.6. The minimum absolute atomic E-state index is 0.00553. The van der Waals surface area contributed by atoms with E-state index < -0.39 is 0 Å². The summed E-state index contributed by atoms with van der Waals surface area (Å²) in [6.45, 7) is 8.74. The van der Waals surface area contributed by atoms with E-state index in [1.807, 2.05) is 38.0 Å². The van der Waals surface area contributed by atoms with Crippen molar-refractivity contribution in [3.05, 3.63) is 57.5 Å². The number of hydrogen-bond donors (Lipinski definition) is 0. The molecule has 0 spiro atoms. The number of halogens is 1. The summed E-state index contributed by atoms with van der Waals surface area (Å²) in [5.74, 6) is -0.0764. The Bertz CT molecular complexity index is 878. The summed E-state index contributed by atoms with van der Waals surface area (Å²) in [6.07, 6.45) is 2.04. The molecule has 3 rings (SSSR count). The molecule has 0 aliphatic carbocycles. The minimum Gasteiger partial charge on any atom is -0.331 e. The van der Waals surface area contributed by atoms with Crippen LogP contribution < -0.4 is 0 Å². The first-order valence-electron chi connectivity index (χ1n) is 10.7. The Morgan fingerprint density at radius 2 is 1.90 bits per heavy atom. The molecule has 2 heterocycles. The fourth-order valence-corrected chi connectivity index (χ4v) is 4.91. The summed E-state index contributed by atoms with van der Waals surface area (Å²) < 4.78 is 13.5. The lowest BCUT2D eigenvalue weighted by atomic mass is 9.93. The van der Waals surface area contributed by atoms with Crippen molar-refractivity contribution in [3.63, 3.8) is 0 Å². The smallest absolute Gasteiger partial charge is 0.243 e. The van der Waals surface area contributed by atoms with Crippen molar-refractivity contribution in [2.75, 3.05) is 13.1 Å². The van der Waals surface area contributed by atoms with E-state index in [-0.39, 0.29) is 42.2 Å². The molecule has 1 aromatic carbocycles. The molecule has 1 aliphatic heterocycles. The highest BCUT2D eigenvalue weighted by atomic mass is 32.1. The Kier molecular flexibility index (Phi) is 7.29. The van der Waals surface area contributed by atoms with Crippen LogP contribution in [0.2, 0.25) is 0 Å². The first kappa shape index (κ1) is 22.5. The summed E-state index contributed by atoms with van der Waals surface area (Å²) >= 11 is 1.70. The fourth-order valence-electron chi connectivity index (χ4n) is 4.00. The quantitative estimate of drug-likeness (QED) is 0.618. The Morgan fingerprint density at radius 1 is 1.20 bits per heavy atom. The van der Waals surface area contributed by atoms with Crippen LogP contribution in [0.5, 0.6) is 0 Å². The lowest BCUT2D eigenvalue weighted by molar-refractivity contribution is -0.144. The van der Waals surface area contributed by atoms with E-state index in [1.54, 1.807) is 28.4 Å². The second kappa shape index (κ2) is 9.73. The molecule has 2 aromatic rings. The van der Waals surface area contributed by atoms with Crippen LogP contribution in [0.15, 0.2) is 35.7 Å². The van der Waals surface area contributed by atoms with Crippen LogP contribution in [0.3, 0.4) is 0 Å². The number of hydrogen-bond acceptors (Lipinski definition) is 3. The normalized spacial score (nSPS) is 17.0. The zero-order chi connectivity index (χ0) is 21.8. The van der Waals surface area contributed by atoms with Crippen molar-refractivity contribution in [3.8, 4) is 0 Å². The van der Waals surface area contributed by atoms with Gasteiger partial charge in [-0.3, -0.25) is 9.59 Å². The predicted molar refractivity (Wildman–Crippen MR) is 119 cm³/mol. The van der Waals surface area contributed by atoms with Gasteiger partial charge < -0.3 is 9.80 Å². The van der Waals surface area contributed by atoms with Gasteiger partial charge in [0.25, 0.3) is 0 Å². The number of fused-ring (bicyclic) bond motifs is 1. The number of nitrogens with zero attached hydrogens (tertiary/aromatic N) is 2. The zero-order valence-corrected chi connectivity index (χ0v) is 19.0. The summed E-state index contributed by atoms with van der Waals surface area (Å²) in [5.41, 5.74) is 2.00. The van der Waals surface area contributed by atoms with Crippen LogP contribution >= 0.6 is 11.3 Å². The number of carbonyl (C=O) groups is 2. The fraction of sp³-hybridized carbons (Fsp3) is 0.500. The number of carbonyl (C=O) groups excluding carboxylic acids is 2. The van der Waals surface area contributed by atoms with Crippen LogP contribution in [0.25, 0.3) is 0 Å². The number of thiophene rings is 1. The third kappa shape index (κ3) is 4.91. The molecule has 4 nitrogen and oxygen atoms in total. The maximum atomic E-state index is 13.5. The summed E-state index contributed by atoms with van der Waals surface area (Å²) in [7, 11) is 0. The Morgan fingerprint density at radius 3 is 2.53 bits per heavy atom. The third-order valence-corrected chi connectivity index (χ3v) is 6.80. The molecular formula is C24H31FN2O2S. The molecule has 0 saturated carbocycles. The minimum atomic E-state index is -0.291. The highest BCUT2D eigenvalue weighted by Gasteiger charge is 2.34. The molecule has 6 heteroatoms. The molecule has 1 aromatic heterocycles. The predicted octanol–water partition coefficient (Wildman–Crippen LogP) is 5.03. The highest BCUT2D eigenvalue weighted by molar-refractivity contribution is 7.10. The number of benzene rings is 1. The second-order valence-corrected chi connectivity index (χ2v) is 9.47. The topological polar surface area (TPSA) is 40.6 Å². The average molecular weight is 431 g/mol. The van der Waals surface area contributed by atoms with Crippen LogP contribution in [0, 0.1) is 11.7 Å². The molecule has 0 N–H and O–H groups in total. The van der Waals surface area contributed by atoms with E-state index in [1.165, 1.54) is 17.0 Å². The number of amides is 2. The third-order valence-electron chi connectivity index (χ3n) is 5.80. The van der Waals surface area contributed by atoms with E-state index in [9.17, 15) is 14.0 Å². The summed E-state index contributed by atoms with van der Waals surface area (Å²) in [4.78, 5) is 31.2.